The fourth-order valence-corrected chi connectivity index (χ4v) is 2.65. The zero-order valence-corrected chi connectivity index (χ0v) is 12.6. The van der Waals surface area contributed by atoms with Crippen molar-refractivity contribution in [1.29, 1.82) is 0 Å². The van der Waals surface area contributed by atoms with Gasteiger partial charge in [-0.25, -0.2) is 9.67 Å². The molecule has 0 aliphatic heterocycles. The molecule has 0 radical (unpaired) electrons. The van der Waals surface area contributed by atoms with Crippen molar-refractivity contribution >= 4 is 22.4 Å². The third-order valence-corrected chi connectivity index (χ3v) is 4.14. The number of halogens is 1. The first-order valence-corrected chi connectivity index (χ1v) is 7.12. The van der Waals surface area contributed by atoms with E-state index in [1.54, 1.807) is 0 Å². The number of aromatic nitrogens is 3. The van der Waals surface area contributed by atoms with Crippen molar-refractivity contribution in [3.8, 4) is 5.82 Å². The summed E-state index contributed by atoms with van der Waals surface area (Å²) in [6.07, 6.45) is 1.84. The number of hydrogen-bond donors (Lipinski definition) is 0. The average Bonchev–Trinajstić information content (AvgIpc) is 2.73. The molecule has 0 saturated carbocycles. The number of nitrogens with zero attached hydrogens (tertiary/aromatic N) is 3. The molecule has 102 valence electrons. The Kier molecular flexibility index (Phi) is 3.22. The number of pyridine rings is 1. The largest absolute Gasteiger partial charge is 0.236 e. The summed E-state index contributed by atoms with van der Waals surface area (Å²) in [5.74, 6) is 1.33. The van der Waals surface area contributed by atoms with Gasteiger partial charge in [-0.1, -0.05) is 24.3 Å². The maximum atomic E-state index is 6.00. The molecule has 3 aromatic rings. The first-order valence-electron chi connectivity index (χ1n) is 6.59. The van der Waals surface area contributed by atoms with Gasteiger partial charge in [0.1, 0.15) is 0 Å². The van der Waals surface area contributed by atoms with Crippen LogP contribution in [0.2, 0.25) is 0 Å². The highest BCUT2D eigenvalue weighted by molar-refractivity contribution is 6.18. The van der Waals surface area contributed by atoms with Crippen molar-refractivity contribution in [3.63, 3.8) is 0 Å². The molecule has 3 rings (SSSR count). The van der Waals surface area contributed by atoms with Gasteiger partial charge in [-0.2, -0.15) is 5.10 Å². The lowest BCUT2D eigenvalue weighted by molar-refractivity contribution is 0.812. The van der Waals surface area contributed by atoms with E-state index >= 15 is 0 Å². The van der Waals surface area contributed by atoms with E-state index < -0.39 is 0 Å². The fourth-order valence-electron chi connectivity index (χ4n) is 2.44. The molecule has 4 heteroatoms. The maximum absolute atomic E-state index is 6.00. The summed E-state index contributed by atoms with van der Waals surface area (Å²) in [5, 5.41) is 6.82. The molecule has 0 fully saturated rings. The highest BCUT2D eigenvalue weighted by Crippen LogP contribution is 2.26. The van der Waals surface area contributed by atoms with Crippen LogP contribution in [0.1, 0.15) is 22.5 Å². The van der Waals surface area contributed by atoms with Crippen LogP contribution in [0.4, 0.5) is 0 Å². The van der Waals surface area contributed by atoms with Gasteiger partial charge in [0.05, 0.1) is 5.69 Å². The Morgan fingerprint density at radius 2 is 1.80 bits per heavy atom. The molecule has 0 unspecified atom stereocenters. The fraction of sp³-hybridized carbons (Fsp3) is 0.250. The Balaban J connectivity index is 2.35. The van der Waals surface area contributed by atoms with E-state index in [1.165, 1.54) is 5.56 Å². The van der Waals surface area contributed by atoms with Gasteiger partial charge in [-0.05, 0) is 37.3 Å². The molecule has 0 aliphatic rings. The van der Waals surface area contributed by atoms with Crippen LogP contribution in [0.15, 0.2) is 30.5 Å². The number of benzene rings is 1. The molecule has 0 bridgehead atoms. The van der Waals surface area contributed by atoms with Crippen molar-refractivity contribution in [3.05, 3.63) is 53.0 Å². The first kappa shape index (κ1) is 13.1. The lowest BCUT2D eigenvalue weighted by Crippen LogP contribution is -2.04. The van der Waals surface area contributed by atoms with Crippen molar-refractivity contribution in [1.82, 2.24) is 14.8 Å². The van der Waals surface area contributed by atoms with Crippen molar-refractivity contribution in [2.45, 2.75) is 26.7 Å². The molecule has 0 N–H and O–H groups in total. The van der Waals surface area contributed by atoms with E-state index in [0.29, 0.717) is 5.88 Å². The van der Waals surface area contributed by atoms with Crippen molar-refractivity contribution in [2.75, 3.05) is 0 Å². The van der Waals surface area contributed by atoms with E-state index in [2.05, 4.69) is 36.1 Å². The minimum Gasteiger partial charge on any atom is -0.236 e. The number of hydrogen-bond acceptors (Lipinski definition) is 2. The average molecular weight is 286 g/mol. The van der Waals surface area contributed by atoms with E-state index in [1.807, 2.05) is 29.9 Å². The Morgan fingerprint density at radius 1 is 1.10 bits per heavy atom. The lowest BCUT2D eigenvalue weighted by Gasteiger charge is -2.10. The van der Waals surface area contributed by atoms with E-state index in [0.717, 1.165) is 33.5 Å². The molecule has 0 saturated heterocycles. The van der Waals surface area contributed by atoms with Crippen LogP contribution < -0.4 is 0 Å². The van der Waals surface area contributed by atoms with Gasteiger partial charge in [0.2, 0.25) is 0 Å². The molecular formula is C16H16ClN3. The molecule has 0 atom stereocenters. The predicted octanol–water partition coefficient (Wildman–Crippen LogP) is 4.08. The van der Waals surface area contributed by atoms with E-state index in [-0.39, 0.29) is 0 Å². The van der Waals surface area contributed by atoms with Crippen LogP contribution in [-0.4, -0.2) is 14.8 Å². The van der Waals surface area contributed by atoms with E-state index in [9.17, 15) is 0 Å². The Morgan fingerprint density at radius 3 is 2.40 bits per heavy atom. The second-order valence-electron chi connectivity index (χ2n) is 4.99. The van der Waals surface area contributed by atoms with Gasteiger partial charge in [0, 0.05) is 23.2 Å². The van der Waals surface area contributed by atoms with Gasteiger partial charge in [0.15, 0.2) is 5.82 Å². The number of rotatable bonds is 2. The monoisotopic (exact) mass is 285 g/mol. The summed E-state index contributed by atoms with van der Waals surface area (Å²) < 4.78 is 1.92. The summed E-state index contributed by atoms with van der Waals surface area (Å²) in [4.78, 5) is 4.58. The minimum atomic E-state index is 0.462. The van der Waals surface area contributed by atoms with Gasteiger partial charge >= 0.3 is 0 Å². The third kappa shape index (κ3) is 1.90. The van der Waals surface area contributed by atoms with Gasteiger partial charge in [-0.3, -0.25) is 0 Å². The molecule has 2 aromatic heterocycles. The zero-order chi connectivity index (χ0) is 14.3. The molecule has 1 aromatic carbocycles. The predicted molar refractivity (Wildman–Crippen MR) is 82.6 cm³/mol. The molecule has 0 amide bonds. The van der Waals surface area contributed by atoms with E-state index in [4.69, 9.17) is 11.6 Å². The number of aryl methyl sites for hydroxylation is 1. The summed E-state index contributed by atoms with van der Waals surface area (Å²) in [6.45, 7) is 6.18. The highest BCUT2D eigenvalue weighted by atomic mass is 35.5. The highest BCUT2D eigenvalue weighted by Gasteiger charge is 2.13. The van der Waals surface area contributed by atoms with Gasteiger partial charge < -0.3 is 0 Å². The Labute approximate surface area is 123 Å². The standard InChI is InChI=1S/C16H16ClN3/c1-10-11(2)19-20(12(10)3)16-15-7-5-4-6-14(15)13(8-17)9-18-16/h4-7,9H,8H2,1-3H3. The summed E-state index contributed by atoms with van der Waals surface area (Å²) >= 11 is 6.00. The second kappa shape index (κ2) is 4.91. The SMILES string of the molecule is Cc1nn(-c2ncc(CCl)c3ccccc23)c(C)c1C. The van der Waals surface area contributed by atoms with Crippen LogP contribution in [0.5, 0.6) is 0 Å². The molecule has 0 aliphatic carbocycles. The molecule has 3 nitrogen and oxygen atoms in total. The van der Waals surface area contributed by atoms with Crippen LogP contribution in [0.25, 0.3) is 16.6 Å². The quantitative estimate of drug-likeness (QED) is 0.664. The maximum Gasteiger partial charge on any atom is 0.161 e. The van der Waals surface area contributed by atoms with Crippen molar-refractivity contribution in [2.24, 2.45) is 0 Å². The number of fused-ring (bicyclic) bond motifs is 1. The number of alkyl halides is 1. The molecular weight excluding hydrogens is 270 g/mol. The van der Waals surface area contributed by atoms with Crippen LogP contribution in [0, 0.1) is 20.8 Å². The first-order chi connectivity index (χ1) is 9.63. The zero-order valence-electron chi connectivity index (χ0n) is 11.8. The molecule has 2 heterocycles. The Bertz CT molecular complexity index is 790. The topological polar surface area (TPSA) is 30.7 Å². The van der Waals surface area contributed by atoms with Crippen LogP contribution >= 0.6 is 11.6 Å². The smallest absolute Gasteiger partial charge is 0.161 e. The normalized spacial score (nSPS) is 11.2. The van der Waals surface area contributed by atoms with Gasteiger partial charge in [0.25, 0.3) is 0 Å². The van der Waals surface area contributed by atoms with Crippen LogP contribution in [-0.2, 0) is 5.88 Å². The van der Waals surface area contributed by atoms with Gasteiger partial charge in [-0.15, -0.1) is 11.6 Å². The Hall–Kier alpha value is -1.87. The minimum absolute atomic E-state index is 0.462. The second-order valence-corrected chi connectivity index (χ2v) is 5.26. The van der Waals surface area contributed by atoms with Crippen molar-refractivity contribution < 1.29 is 0 Å². The summed E-state index contributed by atoms with van der Waals surface area (Å²) in [5.41, 5.74) is 4.41. The van der Waals surface area contributed by atoms with Crippen LogP contribution in [0.3, 0.4) is 0 Å². The third-order valence-electron chi connectivity index (χ3n) is 3.85. The lowest BCUT2D eigenvalue weighted by atomic mass is 10.1. The summed E-state index contributed by atoms with van der Waals surface area (Å²) in [7, 11) is 0. The molecule has 0 spiro atoms. The summed E-state index contributed by atoms with van der Waals surface area (Å²) in [6, 6.07) is 8.19. The molecule has 20 heavy (non-hydrogen) atoms.